The third-order valence-electron chi connectivity index (χ3n) is 5.05. The highest BCUT2D eigenvalue weighted by Gasteiger charge is 2.24. The third-order valence-corrected chi connectivity index (χ3v) is 5.05. The van der Waals surface area contributed by atoms with Gasteiger partial charge in [0.15, 0.2) is 0 Å². The molecule has 0 bridgehead atoms. The van der Waals surface area contributed by atoms with E-state index in [2.05, 4.69) is 22.5 Å². The van der Waals surface area contributed by atoms with Crippen LogP contribution in [0.4, 0.5) is 0 Å². The van der Waals surface area contributed by atoms with Crippen LogP contribution in [0, 0.1) is 0 Å². The zero-order chi connectivity index (χ0) is 19.6. The molecule has 0 spiro atoms. The van der Waals surface area contributed by atoms with E-state index in [-0.39, 0.29) is 18.2 Å². The maximum atomic E-state index is 12.6. The topological polar surface area (TPSA) is 70.7 Å². The molecule has 1 aromatic carbocycles. The number of likely N-dealkylation sites (tertiary alicyclic amines) is 1. The number of hydrogen-bond acceptors (Lipinski definition) is 4. The van der Waals surface area contributed by atoms with Crippen LogP contribution >= 0.6 is 0 Å². The molecular weight excluding hydrogens is 342 g/mol. The van der Waals surface area contributed by atoms with Crippen LogP contribution in [-0.2, 0) is 9.59 Å². The third kappa shape index (κ3) is 6.54. The minimum absolute atomic E-state index is 0.0540. The number of carbonyl (C=O) groups excluding carboxylic acids is 2. The van der Waals surface area contributed by atoms with E-state index >= 15 is 0 Å². The van der Waals surface area contributed by atoms with E-state index in [1.54, 1.807) is 0 Å². The van der Waals surface area contributed by atoms with E-state index in [1.807, 2.05) is 31.2 Å². The minimum atomic E-state index is -0.404. The van der Waals surface area contributed by atoms with Crippen LogP contribution in [0.15, 0.2) is 24.3 Å². The normalized spacial score (nSPS) is 18.6. The molecule has 1 aliphatic heterocycles. The molecule has 6 nitrogen and oxygen atoms in total. The summed E-state index contributed by atoms with van der Waals surface area (Å²) in [5.74, 6) is 0.487. The molecule has 1 saturated heterocycles. The SMILES string of the molecule is CCOc1ccccc1C(CC(=O)NCC1CCCCN1CC)NC(C)=O. The molecule has 1 aromatic rings. The van der Waals surface area contributed by atoms with Crippen LogP contribution in [-0.4, -0.2) is 49.0 Å². The number of hydrogen-bond donors (Lipinski definition) is 2. The summed E-state index contributed by atoms with van der Waals surface area (Å²) in [6, 6.07) is 7.56. The lowest BCUT2D eigenvalue weighted by atomic mass is 10.0. The number of amides is 2. The van der Waals surface area contributed by atoms with Gasteiger partial charge in [-0.1, -0.05) is 31.5 Å². The molecule has 1 aliphatic rings. The predicted molar refractivity (Wildman–Crippen MR) is 107 cm³/mol. The maximum Gasteiger partial charge on any atom is 0.222 e. The summed E-state index contributed by atoms with van der Waals surface area (Å²) >= 11 is 0. The van der Waals surface area contributed by atoms with Gasteiger partial charge in [-0.2, -0.15) is 0 Å². The van der Waals surface area contributed by atoms with Crippen molar-refractivity contribution in [3.63, 3.8) is 0 Å². The van der Waals surface area contributed by atoms with Gasteiger partial charge in [0, 0.05) is 25.1 Å². The summed E-state index contributed by atoms with van der Waals surface area (Å²) in [7, 11) is 0. The van der Waals surface area contributed by atoms with Gasteiger partial charge in [-0.15, -0.1) is 0 Å². The number of likely N-dealkylation sites (N-methyl/N-ethyl adjacent to an activating group) is 1. The standard InChI is InChI=1S/C21H33N3O3/c1-4-24-13-9-8-10-17(24)15-22-21(26)14-19(23-16(3)25)18-11-6-7-12-20(18)27-5-2/h6-7,11-12,17,19H,4-5,8-10,13-15H2,1-3H3,(H,22,26)(H,23,25). The molecule has 2 atom stereocenters. The van der Waals surface area contributed by atoms with Crippen molar-refractivity contribution in [3.05, 3.63) is 29.8 Å². The average Bonchev–Trinajstić information content (AvgIpc) is 2.66. The fourth-order valence-corrected chi connectivity index (χ4v) is 3.74. The van der Waals surface area contributed by atoms with Gasteiger partial charge >= 0.3 is 0 Å². The summed E-state index contributed by atoms with van der Waals surface area (Å²) in [5.41, 5.74) is 0.831. The van der Waals surface area contributed by atoms with Crippen LogP contribution in [0.5, 0.6) is 5.75 Å². The number of ether oxygens (including phenoxy) is 1. The largest absolute Gasteiger partial charge is 0.494 e. The first-order valence-electron chi connectivity index (χ1n) is 10.0. The van der Waals surface area contributed by atoms with Gasteiger partial charge in [0.2, 0.25) is 11.8 Å². The maximum absolute atomic E-state index is 12.6. The molecule has 2 unspecified atom stereocenters. The summed E-state index contributed by atoms with van der Waals surface area (Å²) in [4.78, 5) is 26.7. The first-order valence-corrected chi connectivity index (χ1v) is 10.0. The van der Waals surface area contributed by atoms with Crippen LogP contribution in [0.2, 0.25) is 0 Å². The van der Waals surface area contributed by atoms with Gasteiger partial charge in [-0.3, -0.25) is 14.5 Å². The van der Waals surface area contributed by atoms with Gasteiger partial charge in [0.1, 0.15) is 5.75 Å². The average molecular weight is 376 g/mol. The first-order chi connectivity index (χ1) is 13.0. The Morgan fingerprint density at radius 1 is 1.26 bits per heavy atom. The van der Waals surface area contributed by atoms with Crippen LogP contribution < -0.4 is 15.4 Å². The van der Waals surface area contributed by atoms with E-state index in [0.29, 0.717) is 24.9 Å². The summed E-state index contributed by atoms with van der Waals surface area (Å²) in [5, 5.41) is 5.96. The molecular formula is C21H33N3O3. The molecule has 2 rings (SSSR count). The van der Waals surface area contributed by atoms with Gasteiger partial charge in [0.25, 0.3) is 0 Å². The number of carbonyl (C=O) groups is 2. The van der Waals surface area contributed by atoms with Crippen molar-refractivity contribution in [2.24, 2.45) is 0 Å². The zero-order valence-corrected chi connectivity index (χ0v) is 16.8. The molecule has 2 N–H and O–H groups in total. The van der Waals surface area contributed by atoms with E-state index < -0.39 is 6.04 Å². The Morgan fingerprint density at radius 3 is 2.74 bits per heavy atom. The zero-order valence-electron chi connectivity index (χ0n) is 16.8. The second-order valence-corrected chi connectivity index (χ2v) is 7.01. The number of piperidine rings is 1. The first kappa shape index (κ1) is 21.2. The van der Waals surface area contributed by atoms with Gasteiger partial charge in [-0.25, -0.2) is 0 Å². The van der Waals surface area contributed by atoms with Gasteiger partial charge in [0.05, 0.1) is 19.1 Å². The Labute approximate surface area is 162 Å². The lowest BCUT2D eigenvalue weighted by Crippen LogP contribution is -2.46. The summed E-state index contributed by atoms with van der Waals surface area (Å²) in [6.07, 6.45) is 3.77. The lowest BCUT2D eigenvalue weighted by molar-refractivity contribution is -0.123. The van der Waals surface area contributed by atoms with Crippen molar-refractivity contribution in [1.82, 2.24) is 15.5 Å². The smallest absolute Gasteiger partial charge is 0.222 e. The fourth-order valence-electron chi connectivity index (χ4n) is 3.74. The molecule has 150 valence electrons. The van der Waals surface area contributed by atoms with E-state index in [9.17, 15) is 9.59 Å². The number of para-hydroxylation sites is 1. The summed E-state index contributed by atoms with van der Waals surface area (Å²) < 4.78 is 5.68. The van der Waals surface area contributed by atoms with Gasteiger partial charge < -0.3 is 15.4 Å². The van der Waals surface area contributed by atoms with E-state index in [0.717, 1.165) is 25.1 Å². The van der Waals surface area contributed by atoms with Crippen molar-refractivity contribution in [1.29, 1.82) is 0 Å². The van der Waals surface area contributed by atoms with Crippen LogP contribution in [0.3, 0.4) is 0 Å². The molecule has 0 aliphatic carbocycles. The second-order valence-electron chi connectivity index (χ2n) is 7.01. The molecule has 27 heavy (non-hydrogen) atoms. The van der Waals surface area contributed by atoms with E-state index in [4.69, 9.17) is 4.74 Å². The number of nitrogens with one attached hydrogen (secondary N) is 2. The quantitative estimate of drug-likeness (QED) is 0.696. The van der Waals surface area contributed by atoms with Crippen molar-refractivity contribution in [3.8, 4) is 5.75 Å². The number of benzene rings is 1. The van der Waals surface area contributed by atoms with Crippen molar-refractivity contribution in [2.75, 3.05) is 26.2 Å². The lowest BCUT2D eigenvalue weighted by Gasteiger charge is -2.35. The molecule has 6 heteroatoms. The summed E-state index contributed by atoms with van der Waals surface area (Å²) in [6.45, 7) is 8.86. The minimum Gasteiger partial charge on any atom is -0.494 e. The highest BCUT2D eigenvalue weighted by atomic mass is 16.5. The van der Waals surface area contributed by atoms with Crippen molar-refractivity contribution >= 4 is 11.8 Å². The Morgan fingerprint density at radius 2 is 2.04 bits per heavy atom. The molecule has 2 amide bonds. The molecule has 1 heterocycles. The highest BCUT2D eigenvalue weighted by molar-refractivity contribution is 5.79. The molecule has 0 radical (unpaired) electrons. The monoisotopic (exact) mass is 375 g/mol. The molecule has 0 aromatic heterocycles. The number of nitrogens with zero attached hydrogens (tertiary/aromatic N) is 1. The Kier molecular flexibility index (Phi) is 8.58. The fraction of sp³-hybridized carbons (Fsp3) is 0.619. The van der Waals surface area contributed by atoms with Gasteiger partial charge in [-0.05, 0) is 38.9 Å². The van der Waals surface area contributed by atoms with Crippen LogP contribution in [0.25, 0.3) is 0 Å². The van der Waals surface area contributed by atoms with Crippen molar-refractivity contribution in [2.45, 2.75) is 58.5 Å². The molecule has 1 fully saturated rings. The second kappa shape index (κ2) is 10.9. The van der Waals surface area contributed by atoms with E-state index in [1.165, 1.54) is 19.8 Å². The van der Waals surface area contributed by atoms with Crippen molar-refractivity contribution < 1.29 is 14.3 Å². The number of rotatable bonds is 9. The Hall–Kier alpha value is -2.08. The highest BCUT2D eigenvalue weighted by Crippen LogP contribution is 2.27. The van der Waals surface area contributed by atoms with Crippen LogP contribution in [0.1, 0.15) is 58.1 Å². The predicted octanol–water partition coefficient (Wildman–Crippen LogP) is 2.64. The Balaban J connectivity index is 2.01. The Bertz CT molecular complexity index is 620. The molecule has 0 saturated carbocycles.